The van der Waals surface area contributed by atoms with Crippen molar-refractivity contribution in [2.45, 2.75) is 40.2 Å². The van der Waals surface area contributed by atoms with Gasteiger partial charge in [-0.1, -0.05) is 5.16 Å². The number of aryl methyl sites for hydroxylation is 1. The first-order chi connectivity index (χ1) is 10.1. The van der Waals surface area contributed by atoms with Crippen LogP contribution in [0.3, 0.4) is 0 Å². The van der Waals surface area contributed by atoms with E-state index < -0.39 is 0 Å². The Balaban J connectivity index is 2.09. The van der Waals surface area contributed by atoms with Crippen LogP contribution in [0.4, 0.5) is 0 Å². The first kappa shape index (κ1) is 15.5. The van der Waals surface area contributed by atoms with Gasteiger partial charge in [-0.2, -0.15) is 4.98 Å². The van der Waals surface area contributed by atoms with Crippen molar-refractivity contribution < 1.29 is 14.0 Å². The van der Waals surface area contributed by atoms with Gasteiger partial charge in [0.25, 0.3) is 0 Å². The highest BCUT2D eigenvalue weighted by atomic mass is 16.5. The number of rotatable bonds is 7. The summed E-state index contributed by atoms with van der Waals surface area (Å²) in [5.74, 6) is 2.08. The molecule has 2 aromatic rings. The summed E-state index contributed by atoms with van der Waals surface area (Å²) in [4.78, 5) is 4.39. The zero-order valence-corrected chi connectivity index (χ0v) is 13.0. The molecule has 0 N–H and O–H groups in total. The van der Waals surface area contributed by atoms with Gasteiger partial charge in [0, 0.05) is 12.2 Å². The molecule has 0 radical (unpaired) electrons. The summed E-state index contributed by atoms with van der Waals surface area (Å²) in [6, 6.07) is 5.90. The molecule has 114 valence electrons. The summed E-state index contributed by atoms with van der Waals surface area (Å²) >= 11 is 0. The lowest BCUT2D eigenvalue weighted by molar-refractivity contribution is 0.144. The van der Waals surface area contributed by atoms with Crippen LogP contribution in [0.5, 0.6) is 5.75 Å². The Morgan fingerprint density at radius 1 is 1.29 bits per heavy atom. The highest BCUT2D eigenvalue weighted by Crippen LogP contribution is 2.25. The maximum atomic E-state index is 5.73. The van der Waals surface area contributed by atoms with Gasteiger partial charge in [-0.15, -0.1) is 0 Å². The van der Waals surface area contributed by atoms with Crippen molar-refractivity contribution in [2.75, 3.05) is 13.2 Å². The number of aromatic nitrogens is 2. The Bertz CT molecular complexity index is 579. The number of ether oxygens (including phenoxy) is 2. The molecule has 21 heavy (non-hydrogen) atoms. The second kappa shape index (κ2) is 7.22. The standard InChI is InChI=1S/C16H22N2O3/c1-5-19-9-8-15-17-16(18-21-15)13-6-7-14(12(4)10-13)20-11(2)3/h6-7,10-11H,5,8-9H2,1-4H3. The summed E-state index contributed by atoms with van der Waals surface area (Å²) in [6.07, 6.45) is 0.791. The maximum absolute atomic E-state index is 5.73. The first-order valence-corrected chi connectivity index (χ1v) is 7.28. The molecule has 1 heterocycles. The predicted molar refractivity (Wildman–Crippen MR) is 80.4 cm³/mol. The van der Waals surface area contributed by atoms with Gasteiger partial charge < -0.3 is 14.0 Å². The van der Waals surface area contributed by atoms with Crippen LogP contribution >= 0.6 is 0 Å². The molecule has 5 heteroatoms. The number of hydrogen-bond donors (Lipinski definition) is 0. The minimum atomic E-state index is 0.157. The van der Waals surface area contributed by atoms with E-state index >= 15 is 0 Å². The van der Waals surface area contributed by atoms with E-state index in [1.165, 1.54) is 0 Å². The van der Waals surface area contributed by atoms with Crippen molar-refractivity contribution in [1.29, 1.82) is 0 Å². The van der Waals surface area contributed by atoms with Gasteiger partial charge in [0.2, 0.25) is 11.7 Å². The van der Waals surface area contributed by atoms with Crippen LogP contribution in [0, 0.1) is 6.92 Å². The quantitative estimate of drug-likeness (QED) is 0.731. The Labute approximate surface area is 125 Å². The Morgan fingerprint density at radius 3 is 2.76 bits per heavy atom. The van der Waals surface area contributed by atoms with E-state index in [0.717, 1.165) is 16.9 Å². The summed E-state index contributed by atoms with van der Waals surface area (Å²) in [7, 11) is 0. The first-order valence-electron chi connectivity index (χ1n) is 7.28. The third-order valence-electron chi connectivity index (χ3n) is 2.93. The summed E-state index contributed by atoms with van der Waals surface area (Å²) in [6.45, 7) is 9.28. The van der Waals surface area contributed by atoms with Crippen molar-refractivity contribution in [3.8, 4) is 17.1 Å². The number of benzene rings is 1. The largest absolute Gasteiger partial charge is 0.491 e. The Hall–Kier alpha value is -1.88. The molecule has 0 bridgehead atoms. The van der Waals surface area contributed by atoms with Gasteiger partial charge in [-0.25, -0.2) is 0 Å². The summed E-state index contributed by atoms with van der Waals surface area (Å²) in [5, 5.41) is 4.01. The Kier molecular flexibility index (Phi) is 5.33. The normalized spacial score (nSPS) is 11.1. The second-order valence-corrected chi connectivity index (χ2v) is 5.11. The van der Waals surface area contributed by atoms with E-state index in [9.17, 15) is 0 Å². The van der Waals surface area contributed by atoms with Gasteiger partial charge in [0.05, 0.1) is 19.1 Å². The summed E-state index contributed by atoms with van der Waals surface area (Å²) in [5.41, 5.74) is 1.98. The molecule has 0 aliphatic carbocycles. The van der Waals surface area contributed by atoms with Crippen molar-refractivity contribution >= 4 is 0 Å². The molecule has 1 aromatic heterocycles. The lowest BCUT2D eigenvalue weighted by Gasteiger charge is -2.12. The molecule has 1 aromatic carbocycles. The van der Waals surface area contributed by atoms with Crippen LogP contribution in [-0.2, 0) is 11.2 Å². The van der Waals surface area contributed by atoms with Gasteiger partial charge in [-0.3, -0.25) is 0 Å². The van der Waals surface area contributed by atoms with Crippen molar-refractivity contribution in [1.82, 2.24) is 10.1 Å². The fourth-order valence-corrected chi connectivity index (χ4v) is 1.95. The number of nitrogens with zero attached hydrogens (tertiary/aromatic N) is 2. The third-order valence-corrected chi connectivity index (χ3v) is 2.93. The van der Waals surface area contributed by atoms with Crippen LogP contribution in [0.25, 0.3) is 11.4 Å². The van der Waals surface area contributed by atoms with Gasteiger partial charge in [0.1, 0.15) is 5.75 Å². The van der Waals surface area contributed by atoms with Crippen molar-refractivity contribution in [2.24, 2.45) is 0 Å². The van der Waals surface area contributed by atoms with Gasteiger partial charge >= 0.3 is 0 Å². The van der Waals surface area contributed by atoms with Gasteiger partial charge in [-0.05, 0) is 51.5 Å². The maximum Gasteiger partial charge on any atom is 0.229 e. The molecular weight excluding hydrogens is 268 g/mol. The monoisotopic (exact) mass is 290 g/mol. The highest BCUT2D eigenvalue weighted by Gasteiger charge is 2.11. The third kappa shape index (κ3) is 4.29. The second-order valence-electron chi connectivity index (χ2n) is 5.11. The molecule has 0 saturated heterocycles. The fourth-order valence-electron chi connectivity index (χ4n) is 1.95. The molecule has 0 spiro atoms. The smallest absolute Gasteiger partial charge is 0.229 e. The zero-order chi connectivity index (χ0) is 15.2. The fraction of sp³-hybridized carbons (Fsp3) is 0.500. The molecule has 5 nitrogen and oxygen atoms in total. The molecule has 0 atom stereocenters. The molecule has 0 saturated carbocycles. The SMILES string of the molecule is CCOCCc1nc(-c2ccc(OC(C)C)c(C)c2)no1. The summed E-state index contributed by atoms with van der Waals surface area (Å²) < 4.78 is 16.2. The molecule has 0 unspecified atom stereocenters. The van der Waals surface area contributed by atoms with E-state index in [0.29, 0.717) is 31.3 Å². The van der Waals surface area contributed by atoms with Crippen LogP contribution in [0.2, 0.25) is 0 Å². The topological polar surface area (TPSA) is 57.4 Å². The van der Waals surface area contributed by atoms with E-state index in [4.69, 9.17) is 14.0 Å². The lowest BCUT2D eigenvalue weighted by atomic mass is 10.1. The van der Waals surface area contributed by atoms with Gasteiger partial charge in [0.15, 0.2) is 0 Å². The average molecular weight is 290 g/mol. The minimum absolute atomic E-state index is 0.157. The van der Waals surface area contributed by atoms with Crippen LogP contribution in [0.1, 0.15) is 32.2 Å². The van der Waals surface area contributed by atoms with E-state index in [1.54, 1.807) is 0 Å². The molecule has 0 aliphatic rings. The minimum Gasteiger partial charge on any atom is -0.491 e. The molecular formula is C16H22N2O3. The van der Waals surface area contributed by atoms with E-state index in [1.807, 2.05) is 45.9 Å². The Morgan fingerprint density at radius 2 is 2.10 bits per heavy atom. The van der Waals surface area contributed by atoms with Crippen LogP contribution in [-0.4, -0.2) is 29.5 Å². The molecule has 0 aliphatic heterocycles. The average Bonchev–Trinajstić information content (AvgIpc) is 2.90. The van der Waals surface area contributed by atoms with Crippen LogP contribution < -0.4 is 4.74 Å². The van der Waals surface area contributed by atoms with Crippen molar-refractivity contribution in [3.05, 3.63) is 29.7 Å². The number of hydrogen-bond acceptors (Lipinski definition) is 5. The van der Waals surface area contributed by atoms with E-state index in [-0.39, 0.29) is 6.10 Å². The van der Waals surface area contributed by atoms with Crippen LogP contribution in [0.15, 0.2) is 22.7 Å². The molecule has 0 amide bonds. The van der Waals surface area contributed by atoms with Crippen molar-refractivity contribution in [3.63, 3.8) is 0 Å². The lowest BCUT2D eigenvalue weighted by Crippen LogP contribution is -2.06. The molecule has 0 fully saturated rings. The van der Waals surface area contributed by atoms with E-state index in [2.05, 4.69) is 10.1 Å². The molecule has 2 rings (SSSR count). The highest BCUT2D eigenvalue weighted by molar-refractivity contribution is 5.58. The zero-order valence-electron chi connectivity index (χ0n) is 13.0. The predicted octanol–water partition coefficient (Wildman–Crippen LogP) is 3.41.